The largest absolute Gasteiger partial charge is 0.494 e. The summed E-state index contributed by atoms with van der Waals surface area (Å²) in [7, 11) is 1.64. The number of methoxy groups -OCH3 is 1. The maximum absolute atomic E-state index is 10.4. The standard InChI is InChI=1S/C21H21N3O3.ClH/c1-26-10-11-27-19-9-8-17-13(15(19)12-22)6-7-18(23-17)20-14-4-2-3-5-16(14)24-21(20)25;/h2-9,24-25H,10-12,22H2,1H3;1H. The number of aromatic amines is 1. The zero-order valence-corrected chi connectivity index (χ0v) is 16.3. The zero-order valence-electron chi connectivity index (χ0n) is 15.4. The van der Waals surface area contributed by atoms with Gasteiger partial charge in [-0.05, 0) is 24.3 Å². The number of hydrogen-bond donors (Lipinski definition) is 3. The van der Waals surface area contributed by atoms with Crippen LogP contribution < -0.4 is 10.5 Å². The molecule has 0 aliphatic carbocycles. The summed E-state index contributed by atoms with van der Waals surface area (Å²) in [5, 5.41) is 12.2. The second-order valence-corrected chi connectivity index (χ2v) is 6.25. The number of nitrogens with one attached hydrogen (secondary N) is 1. The van der Waals surface area contributed by atoms with Crippen LogP contribution in [0.3, 0.4) is 0 Å². The lowest BCUT2D eigenvalue weighted by molar-refractivity contribution is 0.146. The molecule has 0 radical (unpaired) electrons. The van der Waals surface area contributed by atoms with Crippen LogP contribution >= 0.6 is 12.4 Å². The summed E-state index contributed by atoms with van der Waals surface area (Å²) < 4.78 is 10.8. The van der Waals surface area contributed by atoms with E-state index in [0.717, 1.165) is 33.1 Å². The van der Waals surface area contributed by atoms with Crippen molar-refractivity contribution in [1.29, 1.82) is 0 Å². The SMILES string of the molecule is COCCOc1ccc2nc(-c3c(O)[nH]c4ccccc34)ccc2c1CN.Cl. The first-order valence-corrected chi connectivity index (χ1v) is 8.77. The smallest absolute Gasteiger partial charge is 0.199 e. The summed E-state index contributed by atoms with van der Waals surface area (Å²) in [6.07, 6.45) is 0. The normalized spacial score (nSPS) is 10.9. The molecule has 2 aromatic carbocycles. The number of aromatic nitrogens is 2. The highest BCUT2D eigenvalue weighted by atomic mass is 35.5. The molecule has 6 nitrogen and oxygen atoms in total. The predicted molar refractivity (Wildman–Crippen MR) is 113 cm³/mol. The molecule has 4 N–H and O–H groups in total. The number of H-pyrrole nitrogens is 1. The fourth-order valence-electron chi connectivity index (χ4n) is 3.35. The first-order valence-electron chi connectivity index (χ1n) is 8.77. The van der Waals surface area contributed by atoms with E-state index in [2.05, 4.69) is 4.98 Å². The van der Waals surface area contributed by atoms with Crippen molar-refractivity contribution < 1.29 is 14.6 Å². The van der Waals surface area contributed by atoms with Gasteiger partial charge in [-0.1, -0.05) is 24.3 Å². The highest BCUT2D eigenvalue weighted by molar-refractivity contribution is 5.99. The Morgan fingerprint density at radius 2 is 1.86 bits per heavy atom. The molecule has 2 aromatic heterocycles. The molecule has 0 fully saturated rings. The molecule has 2 heterocycles. The van der Waals surface area contributed by atoms with Gasteiger partial charge in [-0.25, -0.2) is 4.98 Å². The van der Waals surface area contributed by atoms with E-state index >= 15 is 0 Å². The molecule has 0 aliphatic rings. The molecule has 28 heavy (non-hydrogen) atoms. The number of rotatable bonds is 6. The number of para-hydroxylation sites is 1. The number of nitrogens with zero attached hydrogens (tertiary/aromatic N) is 1. The Kier molecular flexibility index (Phi) is 6.04. The maximum atomic E-state index is 10.4. The Bertz CT molecular complexity index is 1110. The third-order valence-corrected chi connectivity index (χ3v) is 4.63. The summed E-state index contributed by atoms with van der Waals surface area (Å²) in [5.41, 5.74) is 9.95. The van der Waals surface area contributed by atoms with Gasteiger partial charge in [-0.3, -0.25) is 0 Å². The van der Waals surface area contributed by atoms with Crippen LogP contribution in [0.15, 0.2) is 48.5 Å². The van der Waals surface area contributed by atoms with Gasteiger partial charge in [0.15, 0.2) is 5.88 Å². The molecule has 4 rings (SSSR count). The highest BCUT2D eigenvalue weighted by Gasteiger charge is 2.15. The number of hydrogen-bond acceptors (Lipinski definition) is 5. The first-order chi connectivity index (χ1) is 13.2. The fraction of sp³-hybridized carbons (Fsp3) is 0.190. The van der Waals surface area contributed by atoms with Crippen molar-refractivity contribution in [1.82, 2.24) is 9.97 Å². The molecule has 7 heteroatoms. The lowest BCUT2D eigenvalue weighted by Gasteiger charge is -2.13. The lowest BCUT2D eigenvalue weighted by atomic mass is 10.0. The summed E-state index contributed by atoms with van der Waals surface area (Å²) >= 11 is 0. The van der Waals surface area contributed by atoms with Gasteiger partial charge in [0.05, 0.1) is 23.4 Å². The average molecular weight is 400 g/mol. The number of nitrogens with two attached hydrogens (primary N) is 1. The summed E-state index contributed by atoms with van der Waals surface area (Å²) in [4.78, 5) is 7.76. The minimum absolute atomic E-state index is 0. The molecule has 0 aliphatic heterocycles. The molecular weight excluding hydrogens is 378 g/mol. The summed E-state index contributed by atoms with van der Waals surface area (Å²) in [6, 6.07) is 15.4. The minimum Gasteiger partial charge on any atom is -0.494 e. The van der Waals surface area contributed by atoms with E-state index in [0.29, 0.717) is 31.0 Å². The molecule has 4 aromatic rings. The van der Waals surface area contributed by atoms with Crippen molar-refractivity contribution >= 4 is 34.2 Å². The maximum Gasteiger partial charge on any atom is 0.199 e. The van der Waals surface area contributed by atoms with E-state index in [1.807, 2.05) is 48.5 Å². The van der Waals surface area contributed by atoms with E-state index < -0.39 is 0 Å². The van der Waals surface area contributed by atoms with Crippen molar-refractivity contribution in [2.75, 3.05) is 20.3 Å². The molecule has 0 spiro atoms. The van der Waals surface area contributed by atoms with Crippen LogP contribution in [-0.2, 0) is 11.3 Å². The Labute approximate surface area is 168 Å². The Morgan fingerprint density at radius 1 is 1.04 bits per heavy atom. The Hall–Kier alpha value is -2.80. The van der Waals surface area contributed by atoms with E-state index in [1.165, 1.54) is 0 Å². The Morgan fingerprint density at radius 3 is 2.64 bits per heavy atom. The molecule has 0 amide bonds. The van der Waals surface area contributed by atoms with Crippen LogP contribution in [0.1, 0.15) is 5.56 Å². The van der Waals surface area contributed by atoms with Gasteiger partial charge < -0.3 is 25.3 Å². The number of fused-ring (bicyclic) bond motifs is 2. The minimum atomic E-state index is 0. The zero-order chi connectivity index (χ0) is 18.8. The number of halogens is 1. The van der Waals surface area contributed by atoms with Crippen molar-refractivity contribution in [3.63, 3.8) is 0 Å². The molecule has 0 saturated heterocycles. The van der Waals surface area contributed by atoms with Gasteiger partial charge in [0.2, 0.25) is 0 Å². The lowest BCUT2D eigenvalue weighted by Crippen LogP contribution is -2.08. The van der Waals surface area contributed by atoms with Gasteiger partial charge in [0.25, 0.3) is 0 Å². The van der Waals surface area contributed by atoms with Crippen LogP contribution in [0.25, 0.3) is 33.1 Å². The third kappa shape index (κ3) is 3.49. The first kappa shape index (κ1) is 19.9. The Balaban J connectivity index is 0.00000225. The van der Waals surface area contributed by atoms with E-state index in [9.17, 15) is 5.11 Å². The van der Waals surface area contributed by atoms with Crippen molar-refractivity contribution in [2.24, 2.45) is 5.73 Å². The number of ether oxygens (including phenoxy) is 2. The van der Waals surface area contributed by atoms with Crippen LogP contribution in [0, 0.1) is 0 Å². The summed E-state index contributed by atoms with van der Waals surface area (Å²) in [6.45, 7) is 1.32. The molecule has 0 bridgehead atoms. The van der Waals surface area contributed by atoms with Gasteiger partial charge in [0.1, 0.15) is 12.4 Å². The predicted octanol–water partition coefficient (Wildman–Crippen LogP) is 3.99. The fourth-order valence-corrected chi connectivity index (χ4v) is 3.35. The third-order valence-electron chi connectivity index (χ3n) is 4.63. The van der Waals surface area contributed by atoms with Crippen LogP contribution in [-0.4, -0.2) is 35.4 Å². The van der Waals surface area contributed by atoms with Crippen LogP contribution in [0.4, 0.5) is 0 Å². The van der Waals surface area contributed by atoms with E-state index in [4.69, 9.17) is 20.2 Å². The topological polar surface area (TPSA) is 93.4 Å². The molecule has 0 unspecified atom stereocenters. The number of benzene rings is 2. The van der Waals surface area contributed by atoms with Gasteiger partial charge in [-0.15, -0.1) is 12.4 Å². The van der Waals surface area contributed by atoms with Crippen LogP contribution in [0.2, 0.25) is 0 Å². The molecule has 146 valence electrons. The van der Waals surface area contributed by atoms with Gasteiger partial charge in [0, 0.05) is 35.5 Å². The average Bonchev–Trinajstić information content (AvgIpc) is 3.03. The number of aromatic hydroxyl groups is 1. The van der Waals surface area contributed by atoms with Gasteiger partial charge in [-0.2, -0.15) is 0 Å². The second-order valence-electron chi connectivity index (χ2n) is 6.25. The van der Waals surface area contributed by atoms with Gasteiger partial charge >= 0.3 is 0 Å². The molecule has 0 saturated carbocycles. The van der Waals surface area contributed by atoms with E-state index in [1.54, 1.807) is 7.11 Å². The highest BCUT2D eigenvalue weighted by Crippen LogP contribution is 2.37. The molecule has 0 atom stereocenters. The summed E-state index contributed by atoms with van der Waals surface area (Å²) in [5.74, 6) is 0.855. The van der Waals surface area contributed by atoms with Crippen molar-refractivity contribution in [3.8, 4) is 22.9 Å². The number of pyridine rings is 1. The van der Waals surface area contributed by atoms with Crippen molar-refractivity contribution in [3.05, 3.63) is 54.1 Å². The quantitative estimate of drug-likeness (QED) is 0.426. The van der Waals surface area contributed by atoms with E-state index in [-0.39, 0.29) is 18.3 Å². The van der Waals surface area contributed by atoms with Crippen molar-refractivity contribution in [2.45, 2.75) is 6.54 Å². The van der Waals surface area contributed by atoms with Crippen LogP contribution in [0.5, 0.6) is 11.6 Å². The molecular formula is C21H22ClN3O3. The second kappa shape index (κ2) is 8.48. The monoisotopic (exact) mass is 399 g/mol.